The van der Waals surface area contributed by atoms with Crippen molar-refractivity contribution in [1.82, 2.24) is 0 Å². The summed E-state index contributed by atoms with van der Waals surface area (Å²) in [5.74, 6) is -3.92. The van der Waals surface area contributed by atoms with Crippen LogP contribution in [0.25, 0.3) is 0 Å². The van der Waals surface area contributed by atoms with Crippen LogP contribution in [0.15, 0.2) is 12.7 Å². The smallest absolute Gasteiger partial charge is 0.542 e. The molecule has 2 aliphatic heterocycles. The molecule has 2 saturated heterocycles. The van der Waals surface area contributed by atoms with E-state index in [4.69, 9.17) is 18.9 Å². The van der Waals surface area contributed by atoms with Gasteiger partial charge in [-0.3, -0.25) is 4.79 Å². The number of ketones is 1. The summed E-state index contributed by atoms with van der Waals surface area (Å²) in [6, 6.07) is 0. The van der Waals surface area contributed by atoms with E-state index in [0.717, 1.165) is 0 Å². The number of carbonyl (C=O) groups excluding carboxylic acids is 2. The van der Waals surface area contributed by atoms with Crippen molar-refractivity contribution < 1.29 is 68.3 Å². The number of ether oxygens (including phenoxy) is 4. The molecule has 0 saturated carbocycles. The molecule has 0 aliphatic carbocycles. The molecular weight excluding hydrogens is 319 g/mol. The molecule has 9 heteroatoms. The van der Waals surface area contributed by atoms with E-state index in [-0.39, 0.29) is 36.2 Å². The minimum atomic E-state index is -1.85. The van der Waals surface area contributed by atoms with E-state index in [1.807, 2.05) is 0 Å². The van der Waals surface area contributed by atoms with Crippen molar-refractivity contribution in [2.24, 2.45) is 0 Å². The minimum absolute atomic E-state index is 0. The van der Waals surface area contributed by atoms with E-state index in [1.54, 1.807) is 13.8 Å². The third-order valence-electron chi connectivity index (χ3n) is 3.43. The van der Waals surface area contributed by atoms with E-state index in [9.17, 15) is 19.8 Å². The van der Waals surface area contributed by atoms with Gasteiger partial charge in [0.25, 0.3) is 0 Å². The Hall–Kier alpha value is -0.320. The third kappa shape index (κ3) is 4.83. The molecule has 5 atom stereocenters. The number of hydrogen-bond donors (Lipinski definition) is 1. The maximum atomic E-state index is 11.2. The summed E-state index contributed by atoms with van der Waals surface area (Å²) in [6.45, 7) is 7.14. The van der Waals surface area contributed by atoms with Gasteiger partial charge >= 0.3 is 29.6 Å². The summed E-state index contributed by atoms with van der Waals surface area (Å²) in [4.78, 5) is 21.7. The second-order valence-electron chi connectivity index (χ2n) is 5.64. The Bertz CT molecular complexity index is 466. The number of Topliss-reactive ketones (excluding diaryl/α,β-unsaturated/α-hetero) is 1. The van der Waals surface area contributed by atoms with Gasteiger partial charge in [-0.1, -0.05) is 6.08 Å². The van der Waals surface area contributed by atoms with E-state index >= 15 is 0 Å². The summed E-state index contributed by atoms with van der Waals surface area (Å²) in [5.41, 5.74) is 0. The normalized spacial score (nSPS) is 32.7. The van der Waals surface area contributed by atoms with Crippen molar-refractivity contribution in [2.45, 2.75) is 56.8 Å². The van der Waals surface area contributed by atoms with Gasteiger partial charge < -0.3 is 34.0 Å². The summed E-state index contributed by atoms with van der Waals surface area (Å²) in [6.07, 6.45) is -3.51. The molecule has 0 amide bonds. The van der Waals surface area contributed by atoms with Gasteiger partial charge in [0.2, 0.25) is 0 Å². The van der Waals surface area contributed by atoms with Crippen LogP contribution in [-0.2, 0) is 28.5 Å². The number of aliphatic hydroxyl groups is 1. The molecule has 0 unspecified atom stereocenters. The monoisotopic (exact) mass is 338 g/mol. The van der Waals surface area contributed by atoms with Crippen molar-refractivity contribution >= 4 is 11.8 Å². The number of carbonyl (C=O) groups is 2. The van der Waals surface area contributed by atoms with Crippen molar-refractivity contribution in [2.75, 3.05) is 6.61 Å². The Labute approximate surface area is 156 Å². The van der Waals surface area contributed by atoms with Crippen LogP contribution in [0.5, 0.6) is 0 Å². The molecule has 2 rings (SSSR count). The molecule has 2 heterocycles. The van der Waals surface area contributed by atoms with Crippen LogP contribution in [0, 0.1) is 0 Å². The predicted molar refractivity (Wildman–Crippen MR) is 69.3 cm³/mol. The van der Waals surface area contributed by atoms with Crippen molar-refractivity contribution in [3.63, 3.8) is 0 Å². The van der Waals surface area contributed by atoms with Crippen molar-refractivity contribution in [1.29, 1.82) is 0 Å². The Balaban J connectivity index is 0.00000264. The van der Waals surface area contributed by atoms with Gasteiger partial charge in [-0.25, -0.2) is 0 Å². The molecule has 1 N–H and O–H groups in total. The summed E-state index contributed by atoms with van der Waals surface area (Å²) in [7, 11) is 0. The molecule has 0 aromatic rings. The van der Waals surface area contributed by atoms with Gasteiger partial charge in [0, 0.05) is 6.42 Å². The first-order valence-electron chi connectivity index (χ1n) is 6.91. The second kappa shape index (κ2) is 8.17. The fraction of sp³-hybridized carbons (Fsp3) is 0.714. The van der Waals surface area contributed by atoms with Crippen LogP contribution in [0.2, 0.25) is 0 Å². The zero-order valence-electron chi connectivity index (χ0n) is 13.4. The Kier molecular flexibility index (Phi) is 7.36. The van der Waals surface area contributed by atoms with Gasteiger partial charge in [-0.05, 0) is 13.8 Å². The minimum Gasteiger partial charge on any atom is -0.542 e. The van der Waals surface area contributed by atoms with Crippen LogP contribution >= 0.6 is 0 Å². The van der Waals surface area contributed by atoms with Crippen LogP contribution in [-0.4, -0.2) is 60.0 Å². The van der Waals surface area contributed by atoms with Crippen molar-refractivity contribution in [3.8, 4) is 0 Å². The second-order valence-corrected chi connectivity index (χ2v) is 5.64. The van der Waals surface area contributed by atoms with E-state index in [1.165, 1.54) is 6.08 Å². The van der Waals surface area contributed by atoms with Crippen molar-refractivity contribution in [3.05, 3.63) is 12.7 Å². The number of hydrogen-bond acceptors (Lipinski definition) is 8. The zero-order valence-corrected chi connectivity index (χ0v) is 15.4. The molecule has 8 nitrogen and oxygen atoms in total. The first kappa shape index (κ1) is 20.7. The van der Waals surface area contributed by atoms with Gasteiger partial charge in [0.05, 0.1) is 12.7 Å². The number of carboxylic acids is 1. The molecule has 23 heavy (non-hydrogen) atoms. The van der Waals surface area contributed by atoms with Gasteiger partial charge in [-0.15, -0.1) is 6.58 Å². The topological polar surface area (TPSA) is 114 Å². The summed E-state index contributed by atoms with van der Waals surface area (Å²) in [5, 5.41) is 20.5. The number of rotatable bonds is 7. The predicted octanol–water partition coefficient (Wildman–Crippen LogP) is -4.49. The van der Waals surface area contributed by atoms with Crippen LogP contribution in [0.1, 0.15) is 20.3 Å². The Morgan fingerprint density at radius 1 is 1.43 bits per heavy atom. The SMILES string of the molecule is C=CCO[C@@H]1[C@H]2OC(C)(C)O[C@H]2O[C@@H]1[C@@H](O)CC(=O)C(=O)[O-].[Na+]. The van der Waals surface area contributed by atoms with Gasteiger partial charge in [0.1, 0.15) is 24.3 Å². The van der Waals surface area contributed by atoms with Gasteiger partial charge in [-0.2, -0.15) is 0 Å². The molecule has 0 aromatic carbocycles. The van der Waals surface area contributed by atoms with Crippen LogP contribution < -0.4 is 34.7 Å². The molecule has 0 radical (unpaired) electrons. The average Bonchev–Trinajstić information content (AvgIpc) is 2.88. The quantitative estimate of drug-likeness (QED) is 0.281. The number of aliphatic hydroxyl groups excluding tert-OH is 1. The number of fused-ring (bicyclic) bond motifs is 1. The maximum Gasteiger partial charge on any atom is 1.00 e. The van der Waals surface area contributed by atoms with Crippen LogP contribution in [0.4, 0.5) is 0 Å². The molecule has 0 aromatic heterocycles. The fourth-order valence-electron chi connectivity index (χ4n) is 2.57. The Morgan fingerprint density at radius 3 is 2.65 bits per heavy atom. The molecular formula is C14H19NaO8. The largest absolute Gasteiger partial charge is 1.00 e. The first-order chi connectivity index (χ1) is 10.2. The molecule has 0 spiro atoms. The Morgan fingerprint density at radius 2 is 2.09 bits per heavy atom. The molecule has 0 bridgehead atoms. The first-order valence-corrected chi connectivity index (χ1v) is 6.91. The molecule has 124 valence electrons. The molecule has 2 aliphatic rings. The maximum absolute atomic E-state index is 11.2. The number of carboxylic acid groups (broad SMARTS) is 1. The zero-order chi connectivity index (χ0) is 16.5. The van der Waals surface area contributed by atoms with E-state index in [0.29, 0.717) is 0 Å². The van der Waals surface area contributed by atoms with Crippen LogP contribution in [0.3, 0.4) is 0 Å². The van der Waals surface area contributed by atoms with Gasteiger partial charge in [0.15, 0.2) is 17.9 Å². The summed E-state index contributed by atoms with van der Waals surface area (Å²) >= 11 is 0. The summed E-state index contributed by atoms with van der Waals surface area (Å²) < 4.78 is 22.3. The average molecular weight is 338 g/mol. The molecule has 2 fully saturated rings. The fourth-order valence-corrected chi connectivity index (χ4v) is 2.57. The number of aliphatic carboxylic acids is 1. The van der Waals surface area contributed by atoms with E-state index in [2.05, 4.69) is 6.58 Å². The standard InChI is InChI=1S/C14H20O8.Na/c1-4-5-19-10-9(7(15)6-8(16)12(17)18)20-13-11(10)21-14(2,3)22-13;/h4,7,9-11,13,15H,1,5-6H2,2-3H3,(H,17,18);/q;+1/p-1/t7-,9+,10-,11+,13+;/m0./s1. The third-order valence-corrected chi connectivity index (χ3v) is 3.43. The van der Waals surface area contributed by atoms with E-state index < -0.39 is 54.7 Å².